The van der Waals surface area contributed by atoms with Crippen LogP contribution in [0.25, 0.3) is 0 Å². The Labute approximate surface area is 146 Å². The van der Waals surface area contributed by atoms with Crippen molar-refractivity contribution in [2.24, 2.45) is 0 Å². The molecule has 2 aromatic rings. The number of benzene rings is 2. The zero-order valence-electron chi connectivity index (χ0n) is 13.6. The number of hydrogen-bond donors (Lipinski definition) is 5. The highest BCUT2D eigenvalue weighted by molar-refractivity contribution is 5.99. The van der Waals surface area contributed by atoms with Crippen molar-refractivity contribution >= 4 is 18.2 Å². The number of hydrogen-bond acceptors (Lipinski definition) is 7. The number of carbonyl (C=O) groups is 3. The van der Waals surface area contributed by atoms with Crippen LogP contribution in [0.2, 0.25) is 0 Å². The summed E-state index contributed by atoms with van der Waals surface area (Å²) in [6.07, 6.45) is 0.140. The minimum absolute atomic E-state index is 0.0439. The average Bonchev–Trinajstić information content (AvgIpc) is 2.54. The highest BCUT2D eigenvalue weighted by Gasteiger charge is 2.27. The highest BCUT2D eigenvalue weighted by Crippen LogP contribution is 2.44. The summed E-state index contributed by atoms with van der Waals surface area (Å²) < 4.78 is 5.30. The van der Waals surface area contributed by atoms with Crippen molar-refractivity contribution in [2.45, 2.75) is 13.8 Å². The van der Waals surface area contributed by atoms with Crippen molar-refractivity contribution in [3.05, 3.63) is 39.9 Å². The largest absolute Gasteiger partial charge is 0.508 e. The van der Waals surface area contributed by atoms with E-state index in [1.54, 1.807) is 0 Å². The Morgan fingerprint density at radius 3 is 2.08 bits per heavy atom. The molecule has 0 amide bonds. The Hall–Kier alpha value is -3.75. The number of ether oxygens (including phenoxy) is 1. The van der Waals surface area contributed by atoms with Gasteiger partial charge in [-0.1, -0.05) is 0 Å². The highest BCUT2D eigenvalue weighted by atomic mass is 16.5. The topological polar surface area (TPSA) is 162 Å². The van der Waals surface area contributed by atoms with Crippen molar-refractivity contribution in [1.29, 1.82) is 0 Å². The predicted octanol–water partition coefficient (Wildman–Crippen LogP) is 2.42. The van der Waals surface area contributed by atoms with Gasteiger partial charge in [0.05, 0.1) is 5.56 Å². The summed E-state index contributed by atoms with van der Waals surface area (Å²) in [5.74, 6) is -6.23. The minimum Gasteiger partial charge on any atom is -0.508 e. The van der Waals surface area contributed by atoms with Crippen LogP contribution in [0.15, 0.2) is 12.1 Å². The molecule has 9 nitrogen and oxygen atoms in total. The van der Waals surface area contributed by atoms with Gasteiger partial charge in [-0.15, -0.1) is 0 Å². The lowest BCUT2D eigenvalue weighted by atomic mass is 10.0. The molecule has 0 spiro atoms. The molecule has 0 saturated heterocycles. The minimum atomic E-state index is -1.58. The lowest BCUT2D eigenvalue weighted by molar-refractivity contribution is 0.0686. The number of aldehydes is 1. The molecular formula is C17H14O9. The van der Waals surface area contributed by atoms with Gasteiger partial charge in [-0.25, -0.2) is 9.59 Å². The van der Waals surface area contributed by atoms with Gasteiger partial charge in [0, 0.05) is 5.56 Å². The van der Waals surface area contributed by atoms with Crippen LogP contribution < -0.4 is 4.74 Å². The molecule has 0 aliphatic rings. The second-order valence-corrected chi connectivity index (χ2v) is 5.41. The number of aromatic carboxylic acids is 2. The van der Waals surface area contributed by atoms with Gasteiger partial charge in [0.15, 0.2) is 23.5 Å². The number of phenols is 3. The van der Waals surface area contributed by atoms with E-state index in [9.17, 15) is 39.9 Å². The maximum absolute atomic E-state index is 11.5. The van der Waals surface area contributed by atoms with Gasteiger partial charge in [-0.3, -0.25) is 4.79 Å². The van der Waals surface area contributed by atoms with Crippen LogP contribution in [0.4, 0.5) is 0 Å². The number of rotatable bonds is 5. The van der Waals surface area contributed by atoms with Crippen LogP contribution >= 0.6 is 0 Å². The summed E-state index contributed by atoms with van der Waals surface area (Å²) in [6, 6.07) is 1.85. The van der Waals surface area contributed by atoms with E-state index in [4.69, 9.17) is 4.74 Å². The molecule has 0 saturated carbocycles. The van der Waals surface area contributed by atoms with Crippen molar-refractivity contribution in [1.82, 2.24) is 0 Å². The van der Waals surface area contributed by atoms with Gasteiger partial charge < -0.3 is 30.3 Å². The van der Waals surface area contributed by atoms with E-state index in [-0.39, 0.29) is 17.4 Å². The van der Waals surface area contributed by atoms with Crippen molar-refractivity contribution in [3.8, 4) is 28.7 Å². The third-order valence-electron chi connectivity index (χ3n) is 3.74. The van der Waals surface area contributed by atoms with Gasteiger partial charge in [0.1, 0.15) is 22.6 Å². The second-order valence-electron chi connectivity index (χ2n) is 5.41. The Kier molecular flexibility index (Phi) is 4.74. The first-order valence-electron chi connectivity index (χ1n) is 7.11. The predicted molar refractivity (Wildman–Crippen MR) is 86.7 cm³/mol. The maximum Gasteiger partial charge on any atom is 0.339 e. The number of aryl methyl sites for hydroxylation is 1. The lowest BCUT2D eigenvalue weighted by Gasteiger charge is -2.17. The smallest absolute Gasteiger partial charge is 0.339 e. The molecule has 0 radical (unpaired) electrons. The summed E-state index contributed by atoms with van der Waals surface area (Å²) in [6.45, 7) is 2.61. The molecule has 136 valence electrons. The molecule has 0 aliphatic carbocycles. The average molecular weight is 362 g/mol. The molecule has 26 heavy (non-hydrogen) atoms. The number of carbonyl (C=O) groups excluding carboxylic acids is 1. The quantitative estimate of drug-likeness (QED) is 0.503. The normalized spacial score (nSPS) is 10.4. The monoisotopic (exact) mass is 362 g/mol. The fourth-order valence-corrected chi connectivity index (χ4v) is 2.36. The van der Waals surface area contributed by atoms with Gasteiger partial charge in [-0.2, -0.15) is 0 Å². The maximum atomic E-state index is 11.5. The Balaban J connectivity index is 2.85. The molecule has 0 fully saturated rings. The molecule has 0 heterocycles. The van der Waals surface area contributed by atoms with E-state index in [0.29, 0.717) is 0 Å². The molecule has 0 bridgehead atoms. The van der Waals surface area contributed by atoms with Crippen LogP contribution in [0.3, 0.4) is 0 Å². The van der Waals surface area contributed by atoms with Crippen LogP contribution in [0.5, 0.6) is 28.7 Å². The number of phenolic OH excluding ortho intramolecular Hbond substituents is 3. The lowest BCUT2D eigenvalue weighted by Crippen LogP contribution is -2.08. The van der Waals surface area contributed by atoms with E-state index in [2.05, 4.69) is 0 Å². The molecule has 0 aliphatic heterocycles. The molecule has 9 heteroatoms. The molecule has 5 N–H and O–H groups in total. The second kappa shape index (κ2) is 6.63. The van der Waals surface area contributed by atoms with E-state index < -0.39 is 57.4 Å². The first-order chi connectivity index (χ1) is 12.1. The summed E-state index contributed by atoms with van der Waals surface area (Å²) in [5, 5.41) is 48.4. The fourth-order valence-electron chi connectivity index (χ4n) is 2.36. The molecule has 0 unspecified atom stereocenters. The van der Waals surface area contributed by atoms with Crippen LogP contribution in [-0.2, 0) is 0 Å². The summed E-state index contributed by atoms with van der Waals surface area (Å²) in [5.41, 5.74) is -1.77. The molecule has 0 aromatic heterocycles. The first kappa shape index (κ1) is 18.6. The van der Waals surface area contributed by atoms with Gasteiger partial charge >= 0.3 is 11.9 Å². The Morgan fingerprint density at radius 2 is 1.58 bits per heavy atom. The zero-order chi connectivity index (χ0) is 19.8. The molecule has 2 aromatic carbocycles. The van der Waals surface area contributed by atoms with Gasteiger partial charge in [0.2, 0.25) is 0 Å². The van der Waals surface area contributed by atoms with Gasteiger partial charge in [0.25, 0.3) is 0 Å². The van der Waals surface area contributed by atoms with Crippen molar-refractivity contribution in [3.63, 3.8) is 0 Å². The summed E-state index contributed by atoms with van der Waals surface area (Å²) in [4.78, 5) is 34.2. The van der Waals surface area contributed by atoms with Crippen molar-refractivity contribution in [2.75, 3.05) is 0 Å². The van der Waals surface area contributed by atoms with Crippen molar-refractivity contribution < 1.29 is 44.7 Å². The third-order valence-corrected chi connectivity index (χ3v) is 3.74. The molecule has 2 rings (SSSR count). The third kappa shape index (κ3) is 2.97. The Bertz CT molecular complexity index is 944. The first-order valence-corrected chi connectivity index (χ1v) is 7.11. The number of carboxylic acid groups (broad SMARTS) is 2. The van der Waals surface area contributed by atoms with E-state index in [0.717, 1.165) is 12.1 Å². The number of aromatic hydroxyl groups is 3. The van der Waals surface area contributed by atoms with Gasteiger partial charge in [-0.05, 0) is 31.5 Å². The van der Waals surface area contributed by atoms with E-state index in [1.165, 1.54) is 13.8 Å². The van der Waals surface area contributed by atoms with E-state index >= 15 is 0 Å². The van der Waals surface area contributed by atoms with E-state index in [1.807, 2.05) is 0 Å². The SMILES string of the molecule is Cc1cc(O)c(C=O)c(Oc2c(C(=O)O)cc(O)c(C)c2O)c1C(=O)O. The summed E-state index contributed by atoms with van der Waals surface area (Å²) in [7, 11) is 0. The van der Waals surface area contributed by atoms with Crippen LogP contribution in [0, 0.1) is 13.8 Å². The zero-order valence-corrected chi connectivity index (χ0v) is 13.6. The summed E-state index contributed by atoms with van der Waals surface area (Å²) >= 11 is 0. The molecule has 0 atom stereocenters. The fraction of sp³-hybridized carbons (Fsp3) is 0.118. The standard InChI is InChI=1S/C17H14O9/c1-6-3-11(20)9(5-18)14(12(6)17(24)25)26-15-8(16(22)23)4-10(19)7(2)13(15)21/h3-5,19-21H,1-2H3,(H,22,23)(H,24,25). The molecular weight excluding hydrogens is 348 g/mol. The van der Waals surface area contributed by atoms with Crippen LogP contribution in [-0.4, -0.2) is 43.8 Å². The number of carboxylic acids is 2. The Morgan fingerprint density at radius 1 is 0.962 bits per heavy atom. The van der Waals surface area contributed by atoms with Crippen LogP contribution in [0.1, 0.15) is 42.2 Å².